The standard InChI is InChI=1S/C7H9F3/c1-4-5-6(2,3)7(8,9)10/h1-3H3. The van der Waals surface area contributed by atoms with Crippen molar-refractivity contribution in [1.29, 1.82) is 0 Å². The molecule has 0 aromatic carbocycles. The zero-order valence-corrected chi connectivity index (χ0v) is 6.13. The SMILES string of the molecule is CC#CC(C)(C)C(F)(F)F. The zero-order valence-electron chi connectivity index (χ0n) is 6.13. The van der Waals surface area contributed by atoms with E-state index in [0.29, 0.717) is 0 Å². The average molecular weight is 150 g/mol. The predicted molar refractivity (Wildman–Crippen MR) is 33.3 cm³/mol. The minimum absolute atomic E-state index is 1.06. The Kier molecular flexibility index (Phi) is 2.37. The monoisotopic (exact) mass is 150 g/mol. The highest BCUT2D eigenvalue weighted by molar-refractivity contribution is 5.09. The normalized spacial score (nSPS) is 12.2. The Morgan fingerprint density at radius 3 is 1.60 bits per heavy atom. The Labute approximate surface area is 58.4 Å². The molecule has 0 aromatic rings. The van der Waals surface area contributed by atoms with E-state index >= 15 is 0 Å². The number of alkyl halides is 3. The molecule has 0 saturated heterocycles. The summed E-state index contributed by atoms with van der Waals surface area (Å²) in [5.41, 5.74) is -1.87. The van der Waals surface area contributed by atoms with E-state index in [1.165, 1.54) is 6.92 Å². The summed E-state index contributed by atoms with van der Waals surface area (Å²) in [6.45, 7) is 3.51. The fourth-order valence-corrected chi connectivity index (χ4v) is 0.383. The molecule has 0 N–H and O–H groups in total. The lowest BCUT2D eigenvalue weighted by molar-refractivity contribution is -0.190. The molecule has 0 aliphatic rings. The summed E-state index contributed by atoms with van der Waals surface area (Å²) in [7, 11) is 0. The van der Waals surface area contributed by atoms with Crippen LogP contribution < -0.4 is 0 Å². The summed E-state index contributed by atoms with van der Waals surface area (Å²) in [5.74, 6) is 4.33. The van der Waals surface area contributed by atoms with Gasteiger partial charge in [-0.1, -0.05) is 5.92 Å². The van der Waals surface area contributed by atoms with E-state index in [-0.39, 0.29) is 0 Å². The molecule has 0 amide bonds. The number of hydrogen-bond donors (Lipinski definition) is 0. The van der Waals surface area contributed by atoms with E-state index in [1.807, 2.05) is 0 Å². The molecule has 0 atom stereocenters. The molecule has 0 saturated carbocycles. The fourth-order valence-electron chi connectivity index (χ4n) is 0.383. The maximum atomic E-state index is 11.9. The van der Waals surface area contributed by atoms with Gasteiger partial charge in [0.15, 0.2) is 0 Å². The van der Waals surface area contributed by atoms with Crippen LogP contribution >= 0.6 is 0 Å². The van der Waals surface area contributed by atoms with Gasteiger partial charge in [-0.3, -0.25) is 0 Å². The Hall–Kier alpha value is -0.650. The molecule has 0 bridgehead atoms. The topological polar surface area (TPSA) is 0 Å². The van der Waals surface area contributed by atoms with Gasteiger partial charge in [-0.05, 0) is 20.8 Å². The highest BCUT2D eigenvalue weighted by Crippen LogP contribution is 2.36. The first kappa shape index (κ1) is 9.35. The second kappa shape index (κ2) is 2.53. The van der Waals surface area contributed by atoms with Gasteiger partial charge in [-0.25, -0.2) is 0 Å². The number of rotatable bonds is 0. The lowest BCUT2D eigenvalue weighted by Gasteiger charge is -2.20. The smallest absolute Gasteiger partial charge is 0.169 e. The molecule has 0 heterocycles. The lowest BCUT2D eigenvalue weighted by Crippen LogP contribution is -2.30. The summed E-state index contributed by atoms with van der Waals surface area (Å²) >= 11 is 0. The Morgan fingerprint density at radius 2 is 1.50 bits per heavy atom. The van der Waals surface area contributed by atoms with E-state index in [9.17, 15) is 13.2 Å². The van der Waals surface area contributed by atoms with Crippen molar-refractivity contribution in [2.24, 2.45) is 5.41 Å². The van der Waals surface area contributed by atoms with Gasteiger partial charge in [0, 0.05) is 0 Å². The van der Waals surface area contributed by atoms with E-state index in [0.717, 1.165) is 13.8 Å². The van der Waals surface area contributed by atoms with E-state index < -0.39 is 11.6 Å². The molecule has 0 spiro atoms. The predicted octanol–water partition coefficient (Wildman–Crippen LogP) is 2.60. The Morgan fingerprint density at radius 1 is 1.10 bits per heavy atom. The molecule has 0 rings (SSSR count). The Bertz CT molecular complexity index is 166. The lowest BCUT2D eigenvalue weighted by atomic mass is 9.94. The zero-order chi connectivity index (χ0) is 8.41. The van der Waals surface area contributed by atoms with Crippen molar-refractivity contribution in [3.63, 3.8) is 0 Å². The van der Waals surface area contributed by atoms with Gasteiger partial charge in [-0.15, -0.1) is 5.92 Å². The summed E-state index contributed by atoms with van der Waals surface area (Å²) in [6.07, 6.45) is -4.23. The van der Waals surface area contributed by atoms with E-state index in [1.54, 1.807) is 0 Å². The van der Waals surface area contributed by atoms with Gasteiger partial charge < -0.3 is 0 Å². The molecule has 0 nitrogen and oxygen atoms in total. The van der Waals surface area contributed by atoms with E-state index in [4.69, 9.17) is 0 Å². The minimum Gasteiger partial charge on any atom is -0.169 e. The van der Waals surface area contributed by atoms with Crippen LogP contribution in [0.1, 0.15) is 20.8 Å². The molecule has 0 aliphatic heterocycles. The van der Waals surface area contributed by atoms with Gasteiger partial charge >= 0.3 is 6.18 Å². The van der Waals surface area contributed by atoms with Crippen LogP contribution in [0.4, 0.5) is 13.2 Å². The van der Waals surface area contributed by atoms with Gasteiger partial charge in [0.25, 0.3) is 0 Å². The van der Waals surface area contributed by atoms with Crippen molar-refractivity contribution < 1.29 is 13.2 Å². The van der Waals surface area contributed by atoms with Crippen LogP contribution in [-0.4, -0.2) is 6.18 Å². The van der Waals surface area contributed by atoms with Crippen molar-refractivity contribution >= 4 is 0 Å². The summed E-state index contributed by atoms with van der Waals surface area (Å²) < 4.78 is 35.8. The van der Waals surface area contributed by atoms with Gasteiger partial charge in [0.1, 0.15) is 5.41 Å². The highest BCUT2D eigenvalue weighted by Gasteiger charge is 2.45. The van der Waals surface area contributed by atoms with Crippen molar-refractivity contribution in [2.45, 2.75) is 26.9 Å². The largest absolute Gasteiger partial charge is 0.404 e. The molecule has 0 unspecified atom stereocenters. The molecule has 0 aliphatic carbocycles. The van der Waals surface area contributed by atoms with Crippen LogP contribution in [0.2, 0.25) is 0 Å². The second-order valence-electron chi connectivity index (χ2n) is 2.50. The number of hydrogen-bond acceptors (Lipinski definition) is 0. The third-order valence-electron chi connectivity index (χ3n) is 1.15. The molecular formula is C7H9F3. The molecular weight excluding hydrogens is 141 g/mol. The van der Waals surface area contributed by atoms with Crippen LogP contribution in [0.25, 0.3) is 0 Å². The van der Waals surface area contributed by atoms with Gasteiger partial charge in [0.2, 0.25) is 0 Å². The van der Waals surface area contributed by atoms with Crippen LogP contribution in [0, 0.1) is 17.3 Å². The third kappa shape index (κ3) is 1.94. The Balaban J connectivity index is 4.51. The minimum atomic E-state index is -4.23. The maximum absolute atomic E-state index is 11.9. The average Bonchev–Trinajstić information content (AvgIpc) is 1.61. The molecule has 3 heteroatoms. The second-order valence-corrected chi connectivity index (χ2v) is 2.50. The molecule has 10 heavy (non-hydrogen) atoms. The summed E-state index contributed by atoms with van der Waals surface area (Å²) in [4.78, 5) is 0. The first-order valence-electron chi connectivity index (χ1n) is 2.82. The van der Waals surface area contributed by atoms with E-state index in [2.05, 4.69) is 11.8 Å². The van der Waals surface area contributed by atoms with Crippen LogP contribution in [0.5, 0.6) is 0 Å². The first-order valence-corrected chi connectivity index (χ1v) is 2.82. The van der Waals surface area contributed by atoms with Crippen molar-refractivity contribution in [2.75, 3.05) is 0 Å². The van der Waals surface area contributed by atoms with Crippen LogP contribution in [0.15, 0.2) is 0 Å². The number of halogens is 3. The van der Waals surface area contributed by atoms with Crippen molar-refractivity contribution in [3.05, 3.63) is 0 Å². The van der Waals surface area contributed by atoms with Crippen molar-refractivity contribution in [3.8, 4) is 11.8 Å². The fraction of sp³-hybridized carbons (Fsp3) is 0.714. The molecule has 0 fully saturated rings. The van der Waals surface area contributed by atoms with Gasteiger partial charge in [-0.2, -0.15) is 13.2 Å². The molecule has 0 aromatic heterocycles. The first-order chi connectivity index (χ1) is 4.31. The van der Waals surface area contributed by atoms with Crippen LogP contribution in [-0.2, 0) is 0 Å². The third-order valence-corrected chi connectivity index (χ3v) is 1.15. The maximum Gasteiger partial charge on any atom is 0.404 e. The summed E-state index contributed by atoms with van der Waals surface area (Å²) in [6, 6.07) is 0. The van der Waals surface area contributed by atoms with Crippen LogP contribution in [0.3, 0.4) is 0 Å². The molecule has 58 valence electrons. The van der Waals surface area contributed by atoms with Gasteiger partial charge in [0.05, 0.1) is 0 Å². The quantitative estimate of drug-likeness (QED) is 0.465. The summed E-state index contributed by atoms with van der Waals surface area (Å²) in [5, 5.41) is 0. The van der Waals surface area contributed by atoms with Crippen molar-refractivity contribution in [1.82, 2.24) is 0 Å². The highest BCUT2D eigenvalue weighted by atomic mass is 19.4. The molecule has 0 radical (unpaired) electrons.